The van der Waals surface area contributed by atoms with E-state index in [1.165, 1.54) is 31.5 Å². The van der Waals surface area contributed by atoms with E-state index in [4.69, 9.17) is 0 Å². The molecule has 0 spiro atoms. The van der Waals surface area contributed by atoms with Gasteiger partial charge < -0.3 is 10.2 Å². The lowest BCUT2D eigenvalue weighted by atomic mass is 10.0. The summed E-state index contributed by atoms with van der Waals surface area (Å²) in [4.78, 5) is 13.5. The molecular weight excluding hydrogens is 236 g/mol. The molecule has 1 aromatic rings. The maximum Gasteiger partial charge on any atom is 0.230 e. The van der Waals surface area contributed by atoms with Crippen LogP contribution in [0.25, 0.3) is 0 Å². The van der Waals surface area contributed by atoms with E-state index in [1.54, 1.807) is 4.90 Å². The minimum atomic E-state index is 0.134. The lowest BCUT2D eigenvalue weighted by molar-refractivity contribution is -0.907. The summed E-state index contributed by atoms with van der Waals surface area (Å²) in [6.07, 6.45) is 3.27. The Morgan fingerprint density at radius 3 is 2.79 bits per heavy atom. The minimum Gasteiger partial charge on any atom is -0.334 e. The van der Waals surface area contributed by atoms with Crippen molar-refractivity contribution in [3.05, 3.63) is 29.8 Å². The van der Waals surface area contributed by atoms with Crippen molar-refractivity contribution in [2.45, 2.75) is 33.1 Å². The molecule has 0 radical (unpaired) electrons. The Hall–Kier alpha value is -1.35. The smallest absolute Gasteiger partial charge is 0.230 e. The van der Waals surface area contributed by atoms with Gasteiger partial charge in [0.05, 0.1) is 26.1 Å². The van der Waals surface area contributed by atoms with Gasteiger partial charge in [0.1, 0.15) is 0 Å². The Morgan fingerprint density at radius 2 is 2.11 bits per heavy atom. The Morgan fingerprint density at radius 1 is 1.37 bits per heavy atom. The highest BCUT2D eigenvalue weighted by atomic mass is 16.1. The zero-order valence-electron chi connectivity index (χ0n) is 12.0. The van der Waals surface area contributed by atoms with Gasteiger partial charge in [-0.25, -0.2) is 0 Å². The maximum atomic E-state index is 11.9. The lowest BCUT2D eigenvalue weighted by Crippen LogP contribution is -3.13. The molecule has 1 heterocycles. The molecule has 1 saturated heterocycles. The van der Waals surface area contributed by atoms with E-state index in [0.29, 0.717) is 6.42 Å². The number of piperidine rings is 1. The Kier molecular flexibility index (Phi) is 4.97. The number of anilines is 1. The normalized spacial score (nSPS) is 23.1. The van der Waals surface area contributed by atoms with Crippen LogP contribution in [-0.2, 0) is 4.79 Å². The topological polar surface area (TPSA) is 33.5 Å². The summed E-state index contributed by atoms with van der Waals surface area (Å²) >= 11 is 0. The fraction of sp³-hybridized carbons (Fsp3) is 0.562. The first-order valence-electron chi connectivity index (χ1n) is 7.33. The number of likely N-dealkylation sites (tertiary alicyclic amines) is 1. The van der Waals surface area contributed by atoms with E-state index in [-0.39, 0.29) is 5.91 Å². The molecule has 3 heteroatoms. The number of rotatable bonds is 4. The van der Waals surface area contributed by atoms with Crippen LogP contribution in [0.15, 0.2) is 24.3 Å². The predicted molar refractivity (Wildman–Crippen MR) is 78.4 cm³/mol. The molecule has 3 nitrogen and oxygen atoms in total. The van der Waals surface area contributed by atoms with Crippen molar-refractivity contribution in [3.63, 3.8) is 0 Å². The van der Waals surface area contributed by atoms with Crippen LogP contribution in [0.4, 0.5) is 5.69 Å². The number of carbonyl (C=O) groups excluding carboxylic acids is 1. The van der Waals surface area contributed by atoms with Crippen molar-refractivity contribution in [1.82, 2.24) is 0 Å². The third-order valence-electron chi connectivity index (χ3n) is 3.91. The molecule has 1 fully saturated rings. The van der Waals surface area contributed by atoms with Gasteiger partial charge in [-0.2, -0.15) is 0 Å². The third kappa shape index (κ3) is 4.67. The molecule has 1 amide bonds. The molecule has 2 unspecified atom stereocenters. The molecule has 104 valence electrons. The summed E-state index contributed by atoms with van der Waals surface area (Å²) in [6.45, 7) is 7.76. The summed E-state index contributed by atoms with van der Waals surface area (Å²) in [5.74, 6) is 0.943. The number of aryl methyl sites for hydroxylation is 1. The minimum absolute atomic E-state index is 0.134. The third-order valence-corrected chi connectivity index (χ3v) is 3.91. The van der Waals surface area contributed by atoms with Crippen molar-refractivity contribution in [3.8, 4) is 0 Å². The monoisotopic (exact) mass is 261 g/mol. The van der Waals surface area contributed by atoms with Gasteiger partial charge in [-0.05, 0) is 31.9 Å². The first-order chi connectivity index (χ1) is 9.13. The second-order valence-corrected chi connectivity index (χ2v) is 5.87. The second kappa shape index (κ2) is 6.71. The van der Waals surface area contributed by atoms with E-state index in [0.717, 1.165) is 18.2 Å². The number of hydrogen-bond acceptors (Lipinski definition) is 1. The largest absolute Gasteiger partial charge is 0.334 e. The van der Waals surface area contributed by atoms with Gasteiger partial charge in [-0.15, -0.1) is 0 Å². The number of hydrogen-bond donors (Lipinski definition) is 2. The standard InChI is InChI=1S/C16H24N2O/c1-13-5-7-15(8-6-13)17-16(19)9-11-18-10-3-4-14(2)12-18/h5-8,14H,3-4,9-12H2,1-2H3,(H,17,19)/p+1. The molecule has 2 rings (SSSR count). The molecule has 19 heavy (non-hydrogen) atoms. The van der Waals surface area contributed by atoms with Crippen LogP contribution >= 0.6 is 0 Å². The SMILES string of the molecule is Cc1ccc(NC(=O)CC[NH+]2CCCC(C)C2)cc1. The molecule has 1 aromatic carbocycles. The zero-order valence-corrected chi connectivity index (χ0v) is 12.0. The maximum absolute atomic E-state index is 11.9. The van der Waals surface area contributed by atoms with Crippen LogP contribution in [0.5, 0.6) is 0 Å². The van der Waals surface area contributed by atoms with Crippen LogP contribution in [0.3, 0.4) is 0 Å². The Balaban J connectivity index is 1.73. The van der Waals surface area contributed by atoms with Gasteiger partial charge >= 0.3 is 0 Å². The number of nitrogens with one attached hydrogen (secondary N) is 2. The van der Waals surface area contributed by atoms with Gasteiger partial charge in [0.2, 0.25) is 5.91 Å². The molecular formula is C16H25N2O+. The van der Waals surface area contributed by atoms with E-state index in [9.17, 15) is 4.79 Å². The summed E-state index contributed by atoms with van der Waals surface area (Å²) in [5.41, 5.74) is 2.11. The number of amides is 1. The number of quaternary nitrogens is 1. The van der Waals surface area contributed by atoms with Crippen LogP contribution in [-0.4, -0.2) is 25.5 Å². The Labute approximate surface area is 116 Å². The van der Waals surface area contributed by atoms with Crippen molar-refractivity contribution in [2.24, 2.45) is 5.92 Å². The molecule has 2 atom stereocenters. The predicted octanol–water partition coefficient (Wildman–Crippen LogP) is 1.64. The van der Waals surface area contributed by atoms with Crippen LogP contribution < -0.4 is 10.2 Å². The number of carbonyl (C=O) groups is 1. The van der Waals surface area contributed by atoms with Gasteiger partial charge in [0.15, 0.2) is 0 Å². The number of benzene rings is 1. The van der Waals surface area contributed by atoms with Crippen molar-refractivity contribution in [1.29, 1.82) is 0 Å². The van der Waals surface area contributed by atoms with Crippen LogP contribution in [0, 0.1) is 12.8 Å². The molecule has 0 bridgehead atoms. The van der Waals surface area contributed by atoms with Crippen molar-refractivity contribution in [2.75, 3.05) is 25.0 Å². The molecule has 2 N–H and O–H groups in total. The van der Waals surface area contributed by atoms with E-state index >= 15 is 0 Å². The van der Waals surface area contributed by atoms with Gasteiger partial charge in [0, 0.05) is 11.6 Å². The fourth-order valence-electron chi connectivity index (χ4n) is 2.78. The van der Waals surface area contributed by atoms with E-state index in [2.05, 4.69) is 12.2 Å². The first-order valence-corrected chi connectivity index (χ1v) is 7.33. The second-order valence-electron chi connectivity index (χ2n) is 5.87. The van der Waals surface area contributed by atoms with Crippen molar-refractivity contribution < 1.29 is 9.69 Å². The average molecular weight is 261 g/mol. The summed E-state index contributed by atoms with van der Waals surface area (Å²) in [7, 11) is 0. The summed E-state index contributed by atoms with van der Waals surface area (Å²) in [5, 5.41) is 2.97. The quantitative estimate of drug-likeness (QED) is 0.849. The Bertz CT molecular complexity index is 413. The average Bonchev–Trinajstić information content (AvgIpc) is 2.39. The molecule has 1 aliphatic rings. The zero-order chi connectivity index (χ0) is 13.7. The molecule has 0 aliphatic carbocycles. The molecule has 0 aromatic heterocycles. The van der Waals surface area contributed by atoms with Crippen LogP contribution in [0.2, 0.25) is 0 Å². The van der Waals surface area contributed by atoms with Crippen LogP contribution in [0.1, 0.15) is 31.7 Å². The molecule has 1 aliphatic heterocycles. The van der Waals surface area contributed by atoms with E-state index in [1.807, 2.05) is 31.2 Å². The van der Waals surface area contributed by atoms with E-state index < -0.39 is 0 Å². The summed E-state index contributed by atoms with van der Waals surface area (Å²) < 4.78 is 0. The van der Waals surface area contributed by atoms with Gasteiger partial charge in [0.25, 0.3) is 0 Å². The van der Waals surface area contributed by atoms with Crippen molar-refractivity contribution >= 4 is 11.6 Å². The highest BCUT2D eigenvalue weighted by Gasteiger charge is 2.19. The summed E-state index contributed by atoms with van der Waals surface area (Å²) in [6, 6.07) is 7.96. The highest BCUT2D eigenvalue weighted by molar-refractivity contribution is 5.90. The molecule has 0 saturated carbocycles. The van der Waals surface area contributed by atoms with Gasteiger partial charge in [-0.1, -0.05) is 24.6 Å². The highest BCUT2D eigenvalue weighted by Crippen LogP contribution is 2.08. The first kappa shape index (κ1) is 14.1. The fourth-order valence-corrected chi connectivity index (χ4v) is 2.78. The van der Waals surface area contributed by atoms with Gasteiger partial charge in [-0.3, -0.25) is 4.79 Å². The lowest BCUT2D eigenvalue weighted by Gasteiger charge is -2.27.